The van der Waals surface area contributed by atoms with Gasteiger partial charge >= 0.3 is 0 Å². The van der Waals surface area contributed by atoms with Crippen molar-refractivity contribution >= 4 is 23.2 Å². The molecule has 8 nitrogen and oxygen atoms in total. The number of anilines is 2. The van der Waals surface area contributed by atoms with Gasteiger partial charge in [0.1, 0.15) is 11.8 Å². The predicted octanol–water partition coefficient (Wildman–Crippen LogP) is 3.94. The Morgan fingerprint density at radius 2 is 1.94 bits per heavy atom. The van der Waals surface area contributed by atoms with Crippen molar-refractivity contribution in [2.24, 2.45) is 0 Å². The Morgan fingerprint density at radius 3 is 2.59 bits per heavy atom. The molecule has 1 saturated heterocycles. The van der Waals surface area contributed by atoms with Gasteiger partial charge in [0.2, 0.25) is 11.8 Å². The maximum atomic E-state index is 13.0. The van der Waals surface area contributed by atoms with Crippen LogP contribution in [-0.2, 0) is 14.3 Å². The van der Waals surface area contributed by atoms with E-state index in [1.165, 1.54) is 0 Å². The molecule has 8 heteroatoms. The van der Waals surface area contributed by atoms with E-state index in [1.807, 2.05) is 32.0 Å². The Bertz CT molecular complexity index is 959. The highest BCUT2D eigenvalue weighted by Gasteiger charge is 2.26. The van der Waals surface area contributed by atoms with Gasteiger partial charge in [-0.15, -0.1) is 0 Å². The number of methoxy groups -OCH3 is 1. The lowest BCUT2D eigenvalue weighted by Gasteiger charge is -2.30. The van der Waals surface area contributed by atoms with Crippen LogP contribution in [-0.4, -0.2) is 42.3 Å². The summed E-state index contributed by atoms with van der Waals surface area (Å²) >= 11 is 0. The number of hydrogen-bond donors (Lipinski definition) is 3. The van der Waals surface area contributed by atoms with Gasteiger partial charge in [0, 0.05) is 25.1 Å². The first-order valence-corrected chi connectivity index (χ1v) is 11.4. The number of nitrogens with zero attached hydrogens (tertiary/aromatic N) is 1. The van der Waals surface area contributed by atoms with Crippen molar-refractivity contribution in [3.8, 4) is 11.1 Å². The summed E-state index contributed by atoms with van der Waals surface area (Å²) in [6.07, 6.45) is 6.21. The van der Waals surface area contributed by atoms with E-state index in [2.05, 4.69) is 21.1 Å². The van der Waals surface area contributed by atoms with Gasteiger partial charge in [0.15, 0.2) is 0 Å². The number of piperidine rings is 1. The van der Waals surface area contributed by atoms with Crippen molar-refractivity contribution < 1.29 is 18.8 Å². The van der Waals surface area contributed by atoms with Crippen LogP contribution in [0.15, 0.2) is 22.7 Å². The molecule has 2 aliphatic rings. The quantitative estimate of drug-likeness (QED) is 0.628. The van der Waals surface area contributed by atoms with E-state index in [0.717, 1.165) is 60.4 Å². The first kappa shape index (κ1) is 22.3. The number of benzene rings is 1. The Balaban J connectivity index is 1.58. The van der Waals surface area contributed by atoms with Crippen LogP contribution in [0.25, 0.3) is 11.1 Å². The third kappa shape index (κ3) is 4.96. The van der Waals surface area contributed by atoms with Gasteiger partial charge in [-0.05, 0) is 70.1 Å². The lowest BCUT2D eigenvalue weighted by atomic mass is 9.92. The second-order valence-corrected chi connectivity index (χ2v) is 8.81. The number of carbonyl (C=O) groups excluding carboxylic acids is 2. The third-order valence-electron chi connectivity index (χ3n) is 6.51. The fraction of sp³-hybridized carbons (Fsp3) is 0.542. The van der Waals surface area contributed by atoms with Gasteiger partial charge < -0.3 is 25.2 Å². The molecular formula is C24H32N4O4. The molecule has 172 valence electrons. The number of amides is 2. The summed E-state index contributed by atoms with van der Waals surface area (Å²) < 4.78 is 10.8. The molecule has 1 aliphatic carbocycles. The molecule has 0 bridgehead atoms. The standard InChI is InChI=1S/C24H32N4O4/c1-14-23(15(2)32-28-14)16-7-12-19(25-17-8-10-18(31-3)11-9-17)21(13-16)27-24(30)20-5-4-6-22(29)26-20/h7,12-13,17-18,20,25H,4-6,8-11H2,1-3H3,(H,26,29)(H,27,30). The average Bonchev–Trinajstić information content (AvgIpc) is 3.13. The summed E-state index contributed by atoms with van der Waals surface area (Å²) in [5.41, 5.74) is 4.23. The van der Waals surface area contributed by atoms with Crippen LogP contribution < -0.4 is 16.0 Å². The normalized spacial score (nSPS) is 23.5. The predicted molar refractivity (Wildman–Crippen MR) is 123 cm³/mol. The number of rotatable bonds is 6. The number of hydrogen-bond acceptors (Lipinski definition) is 6. The minimum atomic E-state index is -0.510. The molecule has 1 saturated carbocycles. The molecule has 32 heavy (non-hydrogen) atoms. The highest BCUT2D eigenvalue weighted by molar-refractivity contribution is 6.00. The molecule has 3 N–H and O–H groups in total. The zero-order chi connectivity index (χ0) is 22.7. The van der Waals surface area contributed by atoms with Crippen molar-refractivity contribution in [2.45, 2.75) is 77.0 Å². The highest BCUT2D eigenvalue weighted by Crippen LogP contribution is 2.34. The Morgan fingerprint density at radius 1 is 1.16 bits per heavy atom. The number of ether oxygens (including phenoxy) is 1. The van der Waals surface area contributed by atoms with Crippen LogP contribution in [0, 0.1) is 13.8 Å². The summed E-state index contributed by atoms with van der Waals surface area (Å²) in [4.78, 5) is 24.7. The van der Waals surface area contributed by atoms with Crippen LogP contribution in [0.3, 0.4) is 0 Å². The molecule has 0 radical (unpaired) electrons. The van der Waals surface area contributed by atoms with E-state index in [9.17, 15) is 9.59 Å². The summed E-state index contributed by atoms with van der Waals surface area (Å²) in [5.74, 6) is 0.465. The molecule has 1 aromatic heterocycles. The largest absolute Gasteiger partial charge is 0.381 e. The van der Waals surface area contributed by atoms with Gasteiger partial charge in [0.05, 0.1) is 23.2 Å². The molecule has 2 amide bonds. The van der Waals surface area contributed by atoms with Crippen molar-refractivity contribution in [2.75, 3.05) is 17.7 Å². The Labute approximate surface area is 188 Å². The zero-order valence-corrected chi connectivity index (χ0v) is 19.0. The second kappa shape index (κ2) is 9.73. The molecule has 1 atom stereocenters. The molecule has 2 fully saturated rings. The minimum absolute atomic E-state index is 0.0749. The van der Waals surface area contributed by atoms with Gasteiger partial charge in [0.25, 0.3) is 0 Å². The minimum Gasteiger partial charge on any atom is -0.381 e. The third-order valence-corrected chi connectivity index (χ3v) is 6.51. The van der Waals surface area contributed by atoms with E-state index < -0.39 is 6.04 Å². The van der Waals surface area contributed by atoms with Crippen molar-refractivity contribution in [3.63, 3.8) is 0 Å². The van der Waals surface area contributed by atoms with Gasteiger partial charge in [-0.1, -0.05) is 11.2 Å². The van der Waals surface area contributed by atoms with Crippen LogP contribution in [0.4, 0.5) is 11.4 Å². The Kier molecular flexibility index (Phi) is 6.79. The fourth-order valence-electron chi connectivity index (χ4n) is 4.71. The lowest BCUT2D eigenvalue weighted by molar-refractivity contribution is -0.128. The summed E-state index contributed by atoms with van der Waals surface area (Å²) in [7, 11) is 1.77. The first-order valence-electron chi connectivity index (χ1n) is 11.4. The molecular weight excluding hydrogens is 408 g/mol. The number of aromatic nitrogens is 1. The maximum absolute atomic E-state index is 13.0. The van der Waals surface area contributed by atoms with Gasteiger partial charge in [-0.2, -0.15) is 0 Å². The van der Waals surface area contributed by atoms with E-state index in [4.69, 9.17) is 9.26 Å². The van der Waals surface area contributed by atoms with Gasteiger partial charge in [-0.3, -0.25) is 9.59 Å². The molecule has 2 aromatic rings. The van der Waals surface area contributed by atoms with Crippen LogP contribution in [0.5, 0.6) is 0 Å². The summed E-state index contributed by atoms with van der Waals surface area (Å²) in [6, 6.07) is 5.78. The molecule has 1 aliphatic heterocycles. The van der Waals surface area contributed by atoms with Crippen molar-refractivity contribution in [3.05, 3.63) is 29.7 Å². The van der Waals surface area contributed by atoms with Crippen molar-refractivity contribution in [1.82, 2.24) is 10.5 Å². The topological polar surface area (TPSA) is 105 Å². The molecule has 4 rings (SSSR count). The monoisotopic (exact) mass is 440 g/mol. The van der Waals surface area contributed by atoms with E-state index >= 15 is 0 Å². The zero-order valence-electron chi connectivity index (χ0n) is 19.0. The maximum Gasteiger partial charge on any atom is 0.247 e. The SMILES string of the molecule is COC1CCC(Nc2ccc(-c3c(C)noc3C)cc2NC(=O)C2CCCC(=O)N2)CC1. The smallest absolute Gasteiger partial charge is 0.247 e. The molecule has 0 spiro atoms. The summed E-state index contributed by atoms with van der Waals surface area (Å²) in [5, 5.41) is 13.5. The Hall–Kier alpha value is -2.87. The van der Waals surface area contributed by atoms with E-state index in [0.29, 0.717) is 30.7 Å². The average molecular weight is 441 g/mol. The van der Waals surface area contributed by atoms with E-state index in [1.54, 1.807) is 7.11 Å². The fourth-order valence-corrected chi connectivity index (χ4v) is 4.71. The number of aryl methyl sites for hydroxylation is 2. The highest BCUT2D eigenvalue weighted by atomic mass is 16.5. The molecule has 1 unspecified atom stereocenters. The van der Waals surface area contributed by atoms with E-state index in [-0.39, 0.29) is 11.8 Å². The second-order valence-electron chi connectivity index (χ2n) is 8.81. The first-order chi connectivity index (χ1) is 15.4. The van der Waals surface area contributed by atoms with Crippen LogP contribution in [0.2, 0.25) is 0 Å². The van der Waals surface area contributed by atoms with Crippen LogP contribution >= 0.6 is 0 Å². The van der Waals surface area contributed by atoms with Crippen LogP contribution in [0.1, 0.15) is 56.4 Å². The number of carbonyl (C=O) groups is 2. The number of nitrogens with one attached hydrogen (secondary N) is 3. The molecule has 2 heterocycles. The summed E-state index contributed by atoms with van der Waals surface area (Å²) in [6.45, 7) is 3.79. The van der Waals surface area contributed by atoms with Crippen molar-refractivity contribution in [1.29, 1.82) is 0 Å². The molecule has 1 aromatic carbocycles. The lowest BCUT2D eigenvalue weighted by Crippen LogP contribution is -2.46. The van der Waals surface area contributed by atoms with Gasteiger partial charge in [-0.25, -0.2) is 0 Å².